The Balaban J connectivity index is 2.22. The normalized spacial score (nSPS) is 9.64. The zero-order chi connectivity index (χ0) is 15.9. The smallest absolute Gasteiger partial charge is 0.257 e. The van der Waals surface area contributed by atoms with Gasteiger partial charge in [-0.2, -0.15) is 0 Å². The average molecular weight is 313 g/mol. The van der Waals surface area contributed by atoms with Gasteiger partial charge in [-0.1, -0.05) is 24.1 Å². The van der Waals surface area contributed by atoms with Crippen molar-refractivity contribution in [3.63, 3.8) is 0 Å². The maximum atomic E-state index is 12.4. The quantitative estimate of drug-likeness (QED) is 0.673. The Morgan fingerprint density at radius 1 is 1.09 bits per heavy atom. The van der Waals surface area contributed by atoms with Crippen molar-refractivity contribution in [2.24, 2.45) is 0 Å². The monoisotopic (exact) mass is 312 g/mol. The fourth-order valence-corrected chi connectivity index (χ4v) is 1.93. The third kappa shape index (κ3) is 3.87. The number of benzene rings is 2. The van der Waals surface area contributed by atoms with E-state index >= 15 is 0 Å². The molecule has 0 heterocycles. The van der Waals surface area contributed by atoms with Gasteiger partial charge >= 0.3 is 0 Å². The highest BCUT2D eigenvalue weighted by molar-refractivity contribution is 6.29. The summed E-state index contributed by atoms with van der Waals surface area (Å²) in [4.78, 5) is 23.8. The molecule has 110 valence electrons. The van der Waals surface area contributed by atoms with Gasteiger partial charge in [-0.05, 0) is 30.3 Å². The minimum atomic E-state index is -0.378. The summed E-state index contributed by atoms with van der Waals surface area (Å²) in [5.74, 6) is 1.60. The summed E-state index contributed by atoms with van der Waals surface area (Å²) in [5.41, 5.74) is 1.99. The van der Waals surface area contributed by atoms with Crippen LogP contribution in [0.3, 0.4) is 0 Å². The number of para-hydroxylation sites is 1. The topological polar surface area (TPSA) is 58.2 Å². The molecule has 5 heteroatoms. The van der Waals surface area contributed by atoms with Gasteiger partial charge < -0.3 is 10.6 Å². The van der Waals surface area contributed by atoms with Crippen molar-refractivity contribution < 1.29 is 9.59 Å². The summed E-state index contributed by atoms with van der Waals surface area (Å²) in [5, 5.41) is 5.33. The summed E-state index contributed by atoms with van der Waals surface area (Å²) in [6, 6.07) is 13.6. The van der Waals surface area contributed by atoms with Gasteiger partial charge in [-0.3, -0.25) is 9.59 Å². The van der Waals surface area contributed by atoms with Gasteiger partial charge in [-0.25, -0.2) is 0 Å². The van der Waals surface area contributed by atoms with Gasteiger partial charge in [0.2, 0.25) is 5.91 Å². The van der Waals surface area contributed by atoms with E-state index in [0.29, 0.717) is 22.5 Å². The molecular formula is C17H13ClN2O2. The molecule has 0 radical (unpaired) electrons. The first-order valence-corrected chi connectivity index (χ1v) is 7.00. The molecule has 0 aliphatic heterocycles. The number of alkyl halides is 1. The van der Waals surface area contributed by atoms with E-state index in [0.717, 1.165) is 0 Å². The third-order valence-corrected chi connectivity index (χ3v) is 3.10. The van der Waals surface area contributed by atoms with E-state index in [4.69, 9.17) is 18.0 Å². The molecular weight excluding hydrogens is 300 g/mol. The van der Waals surface area contributed by atoms with Crippen LogP contribution in [0.2, 0.25) is 0 Å². The van der Waals surface area contributed by atoms with Gasteiger partial charge in [0.25, 0.3) is 5.91 Å². The van der Waals surface area contributed by atoms with Crippen LogP contribution in [0.15, 0.2) is 48.5 Å². The van der Waals surface area contributed by atoms with Crippen LogP contribution in [0, 0.1) is 12.3 Å². The maximum absolute atomic E-state index is 12.4. The van der Waals surface area contributed by atoms with Crippen LogP contribution in [0.25, 0.3) is 0 Å². The number of terminal acetylenes is 1. The van der Waals surface area contributed by atoms with Crippen molar-refractivity contribution in [2.45, 2.75) is 0 Å². The number of hydrogen-bond acceptors (Lipinski definition) is 2. The Hall–Kier alpha value is -2.77. The number of hydrogen-bond donors (Lipinski definition) is 2. The van der Waals surface area contributed by atoms with Gasteiger partial charge in [0.1, 0.15) is 5.88 Å². The highest BCUT2D eigenvalue weighted by Gasteiger charge is 2.13. The predicted octanol–water partition coefficient (Wildman–Crippen LogP) is 3.10. The first-order chi connectivity index (χ1) is 10.6. The third-order valence-electron chi connectivity index (χ3n) is 2.85. The minimum absolute atomic E-state index is 0.180. The van der Waals surface area contributed by atoms with Crippen molar-refractivity contribution in [3.8, 4) is 12.3 Å². The summed E-state index contributed by atoms with van der Waals surface area (Å²) in [6.07, 6.45) is 5.33. The van der Waals surface area contributed by atoms with E-state index in [2.05, 4.69) is 16.6 Å². The molecule has 22 heavy (non-hydrogen) atoms. The molecule has 0 aromatic heterocycles. The molecule has 4 nitrogen and oxygen atoms in total. The Kier molecular flexibility index (Phi) is 5.18. The molecule has 2 aromatic carbocycles. The van der Waals surface area contributed by atoms with Crippen molar-refractivity contribution in [2.75, 3.05) is 16.5 Å². The number of nitrogens with one attached hydrogen (secondary N) is 2. The maximum Gasteiger partial charge on any atom is 0.257 e. The summed E-state index contributed by atoms with van der Waals surface area (Å²) in [6.45, 7) is 0. The number of rotatable bonds is 4. The van der Waals surface area contributed by atoms with E-state index in [9.17, 15) is 9.59 Å². The number of halogens is 1. The van der Waals surface area contributed by atoms with Gasteiger partial charge in [0, 0.05) is 11.3 Å². The lowest BCUT2D eigenvalue weighted by Gasteiger charge is -2.11. The number of carbonyl (C=O) groups is 2. The van der Waals surface area contributed by atoms with Crippen LogP contribution in [0.5, 0.6) is 0 Å². The SMILES string of the molecule is C#Cc1cccc(NC(=O)c2ccccc2NC(=O)CCl)c1. The van der Waals surface area contributed by atoms with Crippen molar-refractivity contribution in [3.05, 3.63) is 59.7 Å². The number of anilines is 2. The zero-order valence-corrected chi connectivity index (χ0v) is 12.4. The fraction of sp³-hybridized carbons (Fsp3) is 0.0588. The Morgan fingerprint density at radius 3 is 2.59 bits per heavy atom. The molecule has 0 unspecified atom stereocenters. The first kappa shape index (κ1) is 15.6. The van der Waals surface area contributed by atoms with Crippen molar-refractivity contribution >= 4 is 34.8 Å². The molecule has 2 aromatic rings. The fourth-order valence-electron chi connectivity index (χ4n) is 1.86. The standard InChI is InChI=1S/C17H13ClN2O2/c1-2-12-6-5-7-13(10-12)19-17(22)14-8-3-4-9-15(14)20-16(21)11-18/h1,3-10H,11H2,(H,19,22)(H,20,21). The summed E-state index contributed by atoms with van der Waals surface area (Å²) in [7, 11) is 0. The second-order valence-corrected chi connectivity index (χ2v) is 4.67. The van der Waals surface area contributed by atoms with Crippen molar-refractivity contribution in [1.29, 1.82) is 0 Å². The van der Waals surface area contributed by atoms with Crippen molar-refractivity contribution in [1.82, 2.24) is 0 Å². The number of carbonyl (C=O) groups excluding carboxylic acids is 2. The zero-order valence-electron chi connectivity index (χ0n) is 11.6. The largest absolute Gasteiger partial charge is 0.324 e. The van der Waals surface area contributed by atoms with Crippen LogP contribution in [0.4, 0.5) is 11.4 Å². The number of amides is 2. The lowest BCUT2D eigenvalue weighted by atomic mass is 10.1. The van der Waals surface area contributed by atoms with Crippen LogP contribution in [-0.2, 0) is 4.79 Å². The Labute approximate surface area is 133 Å². The van der Waals surface area contributed by atoms with E-state index in [1.165, 1.54) is 0 Å². The molecule has 0 aliphatic rings. The van der Waals surface area contributed by atoms with Crippen LogP contribution in [0.1, 0.15) is 15.9 Å². The molecule has 0 saturated heterocycles. The van der Waals surface area contributed by atoms with Gasteiger partial charge in [-0.15, -0.1) is 18.0 Å². The molecule has 0 atom stereocenters. The average Bonchev–Trinajstić information content (AvgIpc) is 2.55. The molecule has 2 amide bonds. The molecule has 0 fully saturated rings. The van der Waals surface area contributed by atoms with Crippen LogP contribution in [-0.4, -0.2) is 17.7 Å². The molecule has 0 aliphatic carbocycles. The molecule has 0 spiro atoms. The van der Waals surface area contributed by atoms with Gasteiger partial charge in [0.05, 0.1) is 11.3 Å². The molecule has 2 rings (SSSR count). The van der Waals surface area contributed by atoms with E-state index in [1.807, 2.05) is 0 Å². The Bertz CT molecular complexity index is 750. The molecule has 0 bridgehead atoms. The van der Waals surface area contributed by atoms with Crippen LogP contribution >= 0.6 is 11.6 Å². The Morgan fingerprint density at radius 2 is 1.86 bits per heavy atom. The second kappa shape index (κ2) is 7.30. The predicted molar refractivity (Wildman–Crippen MR) is 88.1 cm³/mol. The van der Waals surface area contributed by atoms with Gasteiger partial charge in [0.15, 0.2) is 0 Å². The highest BCUT2D eigenvalue weighted by Crippen LogP contribution is 2.18. The molecule has 0 saturated carbocycles. The first-order valence-electron chi connectivity index (χ1n) is 6.47. The highest BCUT2D eigenvalue weighted by atomic mass is 35.5. The molecule has 2 N–H and O–H groups in total. The van der Waals surface area contributed by atoms with E-state index in [1.54, 1.807) is 48.5 Å². The summed E-state index contributed by atoms with van der Waals surface area (Å²) < 4.78 is 0. The second-order valence-electron chi connectivity index (χ2n) is 4.41. The van der Waals surface area contributed by atoms with E-state index < -0.39 is 0 Å². The lowest BCUT2D eigenvalue weighted by molar-refractivity contribution is -0.113. The minimum Gasteiger partial charge on any atom is -0.324 e. The van der Waals surface area contributed by atoms with Crippen LogP contribution < -0.4 is 10.6 Å². The lowest BCUT2D eigenvalue weighted by Crippen LogP contribution is -2.18. The summed E-state index contributed by atoms with van der Waals surface area (Å²) >= 11 is 5.47. The van der Waals surface area contributed by atoms with E-state index in [-0.39, 0.29) is 17.7 Å².